The summed E-state index contributed by atoms with van der Waals surface area (Å²) in [5.41, 5.74) is 0.00912. The van der Waals surface area contributed by atoms with Gasteiger partial charge in [0, 0.05) is 19.8 Å². The number of hydrogen-bond donors (Lipinski definition) is 2. The van der Waals surface area contributed by atoms with E-state index in [9.17, 15) is 26.4 Å². The zero-order valence-corrected chi connectivity index (χ0v) is 11.8. The second kappa shape index (κ2) is 6.45. The third-order valence-electron chi connectivity index (χ3n) is 2.34. The van der Waals surface area contributed by atoms with E-state index in [-0.39, 0.29) is 23.7 Å². The second-order valence-electron chi connectivity index (χ2n) is 4.14. The van der Waals surface area contributed by atoms with Crippen LogP contribution < -0.4 is 10.5 Å². The van der Waals surface area contributed by atoms with E-state index in [1.165, 1.54) is 11.6 Å². The number of carbonyl (C=O) groups is 1. The number of ether oxygens (including phenoxy) is 1. The first-order chi connectivity index (χ1) is 9.50. The smallest absolute Gasteiger partial charge is 0.370 e. The predicted octanol–water partition coefficient (Wildman–Crippen LogP) is -0.0188. The molecule has 0 aliphatic carbocycles. The van der Waals surface area contributed by atoms with Gasteiger partial charge in [0.25, 0.3) is 5.91 Å². The number of nitrogens with zero attached hydrogens (tertiary/aromatic N) is 1. The zero-order valence-electron chi connectivity index (χ0n) is 11.0. The third kappa shape index (κ3) is 5.73. The zero-order chi connectivity index (χ0) is 16.3. The molecule has 0 fully saturated rings. The second-order valence-corrected chi connectivity index (χ2v) is 5.70. The van der Waals surface area contributed by atoms with Crippen LogP contribution in [0.25, 0.3) is 0 Å². The van der Waals surface area contributed by atoms with Crippen molar-refractivity contribution in [2.45, 2.75) is 11.1 Å². The SMILES string of the molecule is Cn1cc(S(N)(=O)=O)cc1C(=O)NCCOCC(F)(F)F. The molecule has 3 N–H and O–H groups in total. The van der Waals surface area contributed by atoms with Crippen LogP contribution in [-0.4, -0.2) is 44.8 Å². The number of alkyl halides is 3. The van der Waals surface area contributed by atoms with Crippen LogP contribution in [0.5, 0.6) is 0 Å². The van der Waals surface area contributed by atoms with Gasteiger partial charge in [0.05, 0.1) is 6.61 Å². The number of halogens is 3. The first-order valence-corrected chi connectivity index (χ1v) is 7.17. The number of primary sulfonamides is 1. The lowest BCUT2D eigenvalue weighted by molar-refractivity contribution is -0.173. The summed E-state index contributed by atoms with van der Waals surface area (Å²) >= 11 is 0. The van der Waals surface area contributed by atoms with Crippen molar-refractivity contribution >= 4 is 15.9 Å². The molecule has 1 aromatic heterocycles. The molecule has 1 heterocycles. The molecule has 1 aromatic rings. The number of aryl methyl sites for hydroxylation is 1. The van der Waals surface area contributed by atoms with Crippen LogP contribution in [0.2, 0.25) is 0 Å². The average Bonchev–Trinajstić information content (AvgIpc) is 2.69. The molecule has 7 nitrogen and oxygen atoms in total. The minimum atomic E-state index is -4.42. The van der Waals surface area contributed by atoms with Crippen molar-refractivity contribution in [3.8, 4) is 0 Å². The van der Waals surface area contributed by atoms with Crippen LogP contribution in [-0.2, 0) is 21.8 Å². The van der Waals surface area contributed by atoms with Crippen molar-refractivity contribution in [3.05, 3.63) is 18.0 Å². The number of rotatable bonds is 6. The molecule has 21 heavy (non-hydrogen) atoms. The maximum Gasteiger partial charge on any atom is 0.411 e. The monoisotopic (exact) mass is 329 g/mol. The highest BCUT2D eigenvalue weighted by Crippen LogP contribution is 2.14. The Labute approximate surface area is 118 Å². The van der Waals surface area contributed by atoms with Gasteiger partial charge in [-0.05, 0) is 6.07 Å². The van der Waals surface area contributed by atoms with E-state index >= 15 is 0 Å². The van der Waals surface area contributed by atoms with E-state index in [0.29, 0.717) is 0 Å². The maximum atomic E-state index is 11.8. The Morgan fingerprint density at radius 2 is 2.10 bits per heavy atom. The van der Waals surface area contributed by atoms with Crippen molar-refractivity contribution in [2.75, 3.05) is 19.8 Å². The molecule has 0 aromatic carbocycles. The van der Waals surface area contributed by atoms with Crippen molar-refractivity contribution in [3.63, 3.8) is 0 Å². The minimum absolute atomic E-state index is 0.00912. The Bertz CT molecular complexity index is 610. The number of carbonyl (C=O) groups excluding carboxylic acids is 1. The van der Waals surface area contributed by atoms with E-state index in [4.69, 9.17) is 5.14 Å². The standard InChI is InChI=1S/C10H14F3N3O4S/c1-16-5-7(21(14,18)19)4-8(16)9(17)15-2-3-20-6-10(11,12)13/h4-5H,2-3,6H2,1H3,(H,15,17)(H2,14,18,19). The van der Waals surface area contributed by atoms with Gasteiger partial charge in [-0.15, -0.1) is 0 Å². The first-order valence-electron chi connectivity index (χ1n) is 5.62. The van der Waals surface area contributed by atoms with Gasteiger partial charge in [-0.1, -0.05) is 0 Å². The van der Waals surface area contributed by atoms with Gasteiger partial charge in [-0.2, -0.15) is 13.2 Å². The number of hydrogen-bond acceptors (Lipinski definition) is 4. The lowest BCUT2D eigenvalue weighted by atomic mass is 10.4. The normalized spacial score (nSPS) is 12.4. The Morgan fingerprint density at radius 1 is 1.48 bits per heavy atom. The Kier molecular flexibility index (Phi) is 5.36. The summed E-state index contributed by atoms with van der Waals surface area (Å²) in [5, 5.41) is 7.22. The quantitative estimate of drug-likeness (QED) is 0.716. The maximum absolute atomic E-state index is 11.8. The molecule has 0 unspecified atom stereocenters. The number of aromatic nitrogens is 1. The fourth-order valence-electron chi connectivity index (χ4n) is 1.43. The third-order valence-corrected chi connectivity index (χ3v) is 3.22. The average molecular weight is 329 g/mol. The van der Waals surface area contributed by atoms with Gasteiger partial charge >= 0.3 is 6.18 Å². The first kappa shape index (κ1) is 17.5. The summed E-state index contributed by atoms with van der Waals surface area (Å²) in [6.45, 7) is -1.87. The summed E-state index contributed by atoms with van der Waals surface area (Å²) in [6.07, 6.45) is -3.27. The van der Waals surface area contributed by atoms with E-state index in [1.807, 2.05) is 0 Å². The molecule has 0 radical (unpaired) electrons. The van der Waals surface area contributed by atoms with Gasteiger partial charge in [0.2, 0.25) is 10.0 Å². The Hall–Kier alpha value is -1.59. The number of nitrogens with one attached hydrogen (secondary N) is 1. The number of sulfonamides is 1. The molecular weight excluding hydrogens is 315 g/mol. The Balaban J connectivity index is 2.52. The highest BCUT2D eigenvalue weighted by atomic mass is 32.2. The molecule has 0 bridgehead atoms. The topological polar surface area (TPSA) is 103 Å². The molecule has 0 atom stereocenters. The molecule has 11 heteroatoms. The summed E-state index contributed by atoms with van der Waals surface area (Å²) in [7, 11) is -2.50. The molecular formula is C10H14F3N3O4S. The molecule has 1 amide bonds. The highest BCUT2D eigenvalue weighted by Gasteiger charge is 2.27. The lowest BCUT2D eigenvalue weighted by Gasteiger charge is -2.08. The summed E-state index contributed by atoms with van der Waals surface area (Å²) in [6, 6.07) is 1.07. The highest BCUT2D eigenvalue weighted by molar-refractivity contribution is 7.89. The van der Waals surface area contributed by atoms with E-state index in [2.05, 4.69) is 10.1 Å². The van der Waals surface area contributed by atoms with E-state index in [1.54, 1.807) is 0 Å². The summed E-state index contributed by atoms with van der Waals surface area (Å²) in [4.78, 5) is 11.5. The van der Waals surface area contributed by atoms with Gasteiger partial charge in [-0.25, -0.2) is 13.6 Å². The van der Waals surface area contributed by atoms with Gasteiger partial charge in [0.1, 0.15) is 17.2 Å². The van der Waals surface area contributed by atoms with Crippen LogP contribution in [0.15, 0.2) is 17.2 Å². The largest absolute Gasteiger partial charge is 0.411 e. The summed E-state index contributed by atoms with van der Waals surface area (Å²) < 4.78 is 63.2. The summed E-state index contributed by atoms with van der Waals surface area (Å²) in [5.74, 6) is -0.650. The van der Waals surface area contributed by atoms with Crippen molar-refractivity contribution < 1.29 is 31.1 Å². The molecule has 0 saturated heterocycles. The van der Waals surface area contributed by atoms with Gasteiger partial charge in [-0.3, -0.25) is 4.79 Å². The molecule has 0 saturated carbocycles. The minimum Gasteiger partial charge on any atom is -0.370 e. The van der Waals surface area contributed by atoms with E-state index in [0.717, 1.165) is 12.3 Å². The lowest BCUT2D eigenvalue weighted by Crippen LogP contribution is -2.30. The molecule has 0 spiro atoms. The van der Waals surface area contributed by atoms with Crippen LogP contribution in [0, 0.1) is 0 Å². The van der Waals surface area contributed by atoms with Crippen LogP contribution in [0.4, 0.5) is 13.2 Å². The van der Waals surface area contributed by atoms with E-state index < -0.39 is 28.7 Å². The van der Waals surface area contributed by atoms with Crippen molar-refractivity contribution in [1.29, 1.82) is 0 Å². The number of nitrogens with two attached hydrogens (primary N) is 1. The Morgan fingerprint density at radius 3 is 2.57 bits per heavy atom. The fraction of sp³-hybridized carbons (Fsp3) is 0.500. The van der Waals surface area contributed by atoms with Crippen molar-refractivity contribution in [2.24, 2.45) is 12.2 Å². The molecule has 1 rings (SSSR count). The molecule has 0 aliphatic rings. The van der Waals surface area contributed by atoms with Gasteiger partial charge in [0.15, 0.2) is 0 Å². The van der Waals surface area contributed by atoms with Crippen molar-refractivity contribution in [1.82, 2.24) is 9.88 Å². The van der Waals surface area contributed by atoms with Crippen LogP contribution in [0.3, 0.4) is 0 Å². The molecule has 120 valence electrons. The fourth-order valence-corrected chi connectivity index (χ4v) is 2.01. The number of amides is 1. The van der Waals surface area contributed by atoms with Gasteiger partial charge < -0.3 is 14.6 Å². The predicted molar refractivity (Wildman–Crippen MR) is 66.0 cm³/mol. The van der Waals surface area contributed by atoms with Crippen LogP contribution >= 0.6 is 0 Å². The van der Waals surface area contributed by atoms with Crippen LogP contribution in [0.1, 0.15) is 10.5 Å². The molecule has 0 aliphatic heterocycles.